The van der Waals surface area contributed by atoms with Crippen molar-refractivity contribution in [2.45, 2.75) is 6.92 Å². The number of hydrogen-bond acceptors (Lipinski definition) is 4. The molecule has 0 saturated heterocycles. The summed E-state index contributed by atoms with van der Waals surface area (Å²) >= 11 is 0. The molecule has 0 bridgehead atoms. The predicted octanol–water partition coefficient (Wildman–Crippen LogP) is 1.65. The average molecular weight is 314 g/mol. The molecule has 0 aliphatic heterocycles. The quantitative estimate of drug-likeness (QED) is 0.569. The summed E-state index contributed by atoms with van der Waals surface area (Å²) in [6.07, 6.45) is 1.97. The largest absolute Gasteiger partial charge is 0.478 e. The van der Waals surface area contributed by atoms with Gasteiger partial charge in [0.2, 0.25) is 0 Å². The van der Waals surface area contributed by atoms with Crippen LogP contribution < -0.4 is 0 Å². The smallest absolute Gasteiger partial charge is 0.331 e. The molecule has 0 aliphatic rings. The first-order valence-corrected chi connectivity index (χ1v) is 6.97. The van der Waals surface area contributed by atoms with E-state index < -0.39 is 22.1 Å². The molecule has 114 valence electrons. The molecule has 1 aromatic carbocycles. The second-order valence-electron chi connectivity index (χ2n) is 3.70. The number of hydrogen-bond donors (Lipinski definition) is 3. The Morgan fingerprint density at radius 2 is 1.62 bits per heavy atom. The maximum absolute atomic E-state index is 10.3. The standard InChI is InChI=1S/C8H8O3S.C5H6O4/c9-12(10,11)7-6-8-4-2-1-3-5-8;1-3(5(8)9)2-4(6)7/h1-7H,(H,9,10,11);2H,1H3,(H,6,7)(H,8,9)/b;3-2-. The Hall–Kier alpha value is -2.45. The maximum Gasteiger partial charge on any atom is 0.331 e. The Labute approximate surface area is 121 Å². The molecule has 7 nitrogen and oxygen atoms in total. The van der Waals surface area contributed by atoms with E-state index >= 15 is 0 Å². The summed E-state index contributed by atoms with van der Waals surface area (Å²) in [5, 5.41) is 16.8. The number of rotatable bonds is 4. The molecule has 0 aliphatic carbocycles. The minimum atomic E-state index is -4.00. The van der Waals surface area contributed by atoms with Crippen molar-refractivity contribution in [1.29, 1.82) is 0 Å². The van der Waals surface area contributed by atoms with E-state index in [9.17, 15) is 18.0 Å². The number of benzene rings is 1. The molecule has 0 radical (unpaired) electrons. The maximum atomic E-state index is 10.3. The third kappa shape index (κ3) is 11.1. The highest BCUT2D eigenvalue weighted by Crippen LogP contribution is 2.01. The van der Waals surface area contributed by atoms with Gasteiger partial charge in [0.1, 0.15) is 0 Å². The van der Waals surface area contributed by atoms with Gasteiger partial charge in [-0.1, -0.05) is 30.3 Å². The van der Waals surface area contributed by atoms with Crippen molar-refractivity contribution in [2.75, 3.05) is 0 Å². The summed E-state index contributed by atoms with van der Waals surface area (Å²) in [7, 11) is -4.00. The lowest BCUT2D eigenvalue weighted by molar-refractivity contribution is -0.135. The summed E-state index contributed by atoms with van der Waals surface area (Å²) in [5.74, 6) is -2.45. The molecule has 0 saturated carbocycles. The van der Waals surface area contributed by atoms with Gasteiger partial charge >= 0.3 is 11.9 Å². The van der Waals surface area contributed by atoms with Gasteiger partial charge in [0, 0.05) is 11.6 Å². The Balaban J connectivity index is 0.000000400. The Morgan fingerprint density at radius 3 is 1.95 bits per heavy atom. The average Bonchev–Trinajstić information content (AvgIpc) is 2.37. The first-order chi connectivity index (χ1) is 9.61. The molecule has 1 aromatic rings. The molecule has 0 atom stereocenters. The fourth-order valence-electron chi connectivity index (χ4n) is 0.976. The van der Waals surface area contributed by atoms with Crippen molar-refractivity contribution in [3.05, 3.63) is 53.0 Å². The van der Waals surface area contributed by atoms with Gasteiger partial charge in [-0.05, 0) is 18.6 Å². The minimum Gasteiger partial charge on any atom is -0.478 e. The van der Waals surface area contributed by atoms with E-state index in [1.54, 1.807) is 24.3 Å². The molecule has 1 rings (SSSR count). The minimum absolute atomic E-state index is 0.178. The molecular formula is C13H14O7S. The Morgan fingerprint density at radius 1 is 1.10 bits per heavy atom. The topological polar surface area (TPSA) is 129 Å². The van der Waals surface area contributed by atoms with Gasteiger partial charge in [0.05, 0.1) is 5.41 Å². The van der Waals surface area contributed by atoms with Gasteiger partial charge in [-0.15, -0.1) is 0 Å². The van der Waals surface area contributed by atoms with Crippen LogP contribution in [0.1, 0.15) is 12.5 Å². The highest BCUT2D eigenvalue weighted by molar-refractivity contribution is 7.88. The summed E-state index contributed by atoms with van der Waals surface area (Å²) in [6, 6.07) is 8.86. The fourth-order valence-corrected chi connectivity index (χ4v) is 1.30. The normalized spacial score (nSPS) is 11.6. The third-order valence-corrected chi connectivity index (χ3v) is 2.39. The lowest BCUT2D eigenvalue weighted by Crippen LogP contribution is -1.99. The van der Waals surface area contributed by atoms with Crippen molar-refractivity contribution in [2.24, 2.45) is 0 Å². The molecular weight excluding hydrogens is 300 g/mol. The first-order valence-electron chi connectivity index (χ1n) is 5.47. The monoisotopic (exact) mass is 314 g/mol. The summed E-state index contributed by atoms with van der Waals surface area (Å²) in [6.45, 7) is 1.22. The third-order valence-electron chi connectivity index (χ3n) is 1.91. The van der Waals surface area contributed by atoms with E-state index in [1.165, 1.54) is 13.0 Å². The molecule has 3 N–H and O–H groups in total. The van der Waals surface area contributed by atoms with Crippen LogP contribution in [-0.4, -0.2) is 35.1 Å². The Bertz CT molecular complexity index is 642. The zero-order chi connectivity index (χ0) is 16.5. The second-order valence-corrected chi connectivity index (χ2v) is 5.00. The molecule has 0 amide bonds. The first kappa shape index (κ1) is 18.6. The van der Waals surface area contributed by atoms with Crippen LogP contribution in [-0.2, 0) is 19.7 Å². The molecule has 0 aromatic heterocycles. The number of carboxylic acid groups (broad SMARTS) is 2. The van der Waals surface area contributed by atoms with Crippen LogP contribution in [0.25, 0.3) is 6.08 Å². The molecule has 8 heteroatoms. The van der Waals surface area contributed by atoms with E-state index in [2.05, 4.69) is 0 Å². The number of carboxylic acids is 2. The molecule has 0 heterocycles. The van der Waals surface area contributed by atoms with E-state index in [-0.39, 0.29) is 5.57 Å². The fraction of sp³-hybridized carbons (Fsp3) is 0.0769. The molecule has 0 unspecified atom stereocenters. The van der Waals surface area contributed by atoms with E-state index in [0.717, 1.165) is 11.0 Å². The highest BCUT2D eigenvalue weighted by Gasteiger charge is 2.00. The lowest BCUT2D eigenvalue weighted by Gasteiger charge is -1.89. The highest BCUT2D eigenvalue weighted by atomic mass is 32.2. The summed E-state index contributed by atoms with van der Waals surface area (Å²) < 4.78 is 28.9. The zero-order valence-corrected chi connectivity index (χ0v) is 11.8. The SMILES string of the molecule is C/C(=C/C(=O)O)C(=O)O.O=S(=O)(O)C=Cc1ccccc1. The van der Waals surface area contributed by atoms with Crippen LogP contribution in [0.3, 0.4) is 0 Å². The predicted molar refractivity (Wildman–Crippen MR) is 76.1 cm³/mol. The van der Waals surface area contributed by atoms with Gasteiger partial charge in [-0.25, -0.2) is 9.59 Å². The van der Waals surface area contributed by atoms with Gasteiger partial charge < -0.3 is 10.2 Å². The van der Waals surface area contributed by atoms with Crippen molar-refractivity contribution in [3.63, 3.8) is 0 Å². The molecule has 0 fully saturated rings. The van der Waals surface area contributed by atoms with Crippen LogP contribution in [0.15, 0.2) is 47.4 Å². The molecule has 0 spiro atoms. The van der Waals surface area contributed by atoms with Gasteiger partial charge in [0.25, 0.3) is 10.1 Å². The van der Waals surface area contributed by atoms with Crippen LogP contribution in [0.2, 0.25) is 0 Å². The second kappa shape index (κ2) is 8.67. The van der Waals surface area contributed by atoms with Crippen LogP contribution in [0, 0.1) is 0 Å². The van der Waals surface area contributed by atoms with Crippen molar-refractivity contribution in [3.8, 4) is 0 Å². The van der Waals surface area contributed by atoms with Gasteiger partial charge in [0.15, 0.2) is 0 Å². The zero-order valence-electron chi connectivity index (χ0n) is 11.0. The Kier molecular flexibility index (Phi) is 7.66. The van der Waals surface area contributed by atoms with Crippen molar-refractivity contribution in [1.82, 2.24) is 0 Å². The van der Waals surface area contributed by atoms with E-state index in [0.29, 0.717) is 6.08 Å². The lowest BCUT2D eigenvalue weighted by atomic mass is 10.2. The van der Waals surface area contributed by atoms with Crippen LogP contribution in [0.5, 0.6) is 0 Å². The van der Waals surface area contributed by atoms with E-state index in [4.69, 9.17) is 14.8 Å². The van der Waals surface area contributed by atoms with E-state index in [1.807, 2.05) is 6.07 Å². The van der Waals surface area contributed by atoms with Gasteiger partial charge in [-0.2, -0.15) is 8.42 Å². The van der Waals surface area contributed by atoms with Crippen molar-refractivity contribution >= 4 is 28.1 Å². The van der Waals surface area contributed by atoms with Crippen LogP contribution >= 0.6 is 0 Å². The van der Waals surface area contributed by atoms with Crippen molar-refractivity contribution < 1.29 is 32.8 Å². The summed E-state index contributed by atoms with van der Waals surface area (Å²) in [4.78, 5) is 19.7. The molecule has 21 heavy (non-hydrogen) atoms. The number of aliphatic carboxylic acids is 2. The summed E-state index contributed by atoms with van der Waals surface area (Å²) in [5.41, 5.74) is 0.553. The number of carbonyl (C=O) groups is 2. The van der Waals surface area contributed by atoms with Crippen LogP contribution in [0.4, 0.5) is 0 Å². The van der Waals surface area contributed by atoms with Gasteiger partial charge in [-0.3, -0.25) is 4.55 Å².